The van der Waals surface area contributed by atoms with Crippen molar-refractivity contribution in [3.63, 3.8) is 0 Å². The number of anilines is 1. The van der Waals surface area contributed by atoms with Gasteiger partial charge in [-0.3, -0.25) is 9.69 Å². The monoisotopic (exact) mass is 427 g/mol. The van der Waals surface area contributed by atoms with Gasteiger partial charge in [0.15, 0.2) is 5.82 Å². The van der Waals surface area contributed by atoms with Gasteiger partial charge in [0, 0.05) is 51.2 Å². The number of hydrogen-bond donors (Lipinski definition) is 0. The van der Waals surface area contributed by atoms with Crippen LogP contribution in [0, 0.1) is 5.92 Å². The first kappa shape index (κ1) is 21.2. The SMILES string of the molecule is CCC[C@H](C)N1CCN(C(=O)C2CCN(c3ccc(-c4cccs4)nn3)CC2)CC1. The molecule has 2 aliphatic heterocycles. The van der Waals surface area contributed by atoms with Gasteiger partial charge in [0.25, 0.3) is 0 Å². The number of piperazine rings is 1. The highest BCUT2D eigenvalue weighted by Crippen LogP contribution is 2.26. The Morgan fingerprint density at radius 3 is 2.47 bits per heavy atom. The predicted octanol–water partition coefficient (Wildman–Crippen LogP) is 3.75. The number of nitrogens with zero attached hydrogens (tertiary/aromatic N) is 5. The molecule has 2 aliphatic rings. The number of thiophene rings is 1. The average molecular weight is 428 g/mol. The summed E-state index contributed by atoms with van der Waals surface area (Å²) in [5.41, 5.74) is 0.922. The second-order valence-corrected chi connectivity index (χ2v) is 9.46. The van der Waals surface area contributed by atoms with Crippen molar-refractivity contribution in [2.75, 3.05) is 44.2 Å². The highest BCUT2D eigenvalue weighted by Gasteiger charge is 2.31. The third-order valence-electron chi connectivity index (χ3n) is 6.55. The molecule has 2 aromatic rings. The summed E-state index contributed by atoms with van der Waals surface area (Å²) in [4.78, 5) is 21.1. The molecule has 2 fully saturated rings. The van der Waals surface area contributed by atoms with Crippen molar-refractivity contribution >= 4 is 23.1 Å². The summed E-state index contributed by atoms with van der Waals surface area (Å²) >= 11 is 1.68. The second-order valence-electron chi connectivity index (χ2n) is 8.51. The van der Waals surface area contributed by atoms with Crippen LogP contribution >= 0.6 is 11.3 Å². The highest BCUT2D eigenvalue weighted by molar-refractivity contribution is 7.13. The van der Waals surface area contributed by atoms with E-state index in [1.54, 1.807) is 11.3 Å². The number of aromatic nitrogens is 2. The van der Waals surface area contributed by atoms with Gasteiger partial charge < -0.3 is 9.80 Å². The van der Waals surface area contributed by atoms with Gasteiger partial charge in [-0.05, 0) is 49.8 Å². The highest BCUT2D eigenvalue weighted by atomic mass is 32.1. The molecule has 1 amide bonds. The summed E-state index contributed by atoms with van der Waals surface area (Å²) in [6.07, 6.45) is 4.27. The van der Waals surface area contributed by atoms with Gasteiger partial charge in [0.2, 0.25) is 5.91 Å². The fourth-order valence-corrected chi connectivity index (χ4v) is 5.34. The molecule has 2 aromatic heterocycles. The molecule has 2 saturated heterocycles. The summed E-state index contributed by atoms with van der Waals surface area (Å²) in [5.74, 6) is 1.43. The van der Waals surface area contributed by atoms with Crippen molar-refractivity contribution in [3.8, 4) is 10.6 Å². The van der Waals surface area contributed by atoms with Gasteiger partial charge in [-0.2, -0.15) is 0 Å². The predicted molar refractivity (Wildman–Crippen MR) is 123 cm³/mol. The summed E-state index contributed by atoms with van der Waals surface area (Å²) in [6.45, 7) is 10.1. The molecule has 4 rings (SSSR count). The van der Waals surface area contributed by atoms with Crippen LogP contribution in [0.15, 0.2) is 29.6 Å². The lowest BCUT2D eigenvalue weighted by molar-refractivity contribution is -0.138. The Hall–Kier alpha value is -1.99. The smallest absolute Gasteiger partial charge is 0.225 e. The Balaban J connectivity index is 1.26. The molecular formula is C23H33N5OS. The average Bonchev–Trinajstić information content (AvgIpc) is 3.34. The first-order valence-electron chi connectivity index (χ1n) is 11.3. The largest absolute Gasteiger partial charge is 0.355 e. The van der Waals surface area contributed by atoms with E-state index in [1.165, 1.54) is 12.8 Å². The quantitative estimate of drug-likeness (QED) is 0.703. The van der Waals surface area contributed by atoms with Crippen molar-refractivity contribution in [2.45, 2.75) is 45.6 Å². The van der Waals surface area contributed by atoms with Crippen LogP contribution in [0.1, 0.15) is 39.5 Å². The molecule has 1 atom stereocenters. The van der Waals surface area contributed by atoms with Gasteiger partial charge in [-0.15, -0.1) is 21.5 Å². The minimum atomic E-state index is 0.152. The molecule has 0 spiro atoms. The van der Waals surface area contributed by atoms with Crippen LogP contribution in [0.2, 0.25) is 0 Å². The molecule has 162 valence electrons. The zero-order valence-electron chi connectivity index (χ0n) is 18.2. The maximum absolute atomic E-state index is 13.0. The van der Waals surface area contributed by atoms with E-state index < -0.39 is 0 Å². The van der Waals surface area contributed by atoms with Crippen LogP contribution < -0.4 is 4.90 Å². The van der Waals surface area contributed by atoms with E-state index in [4.69, 9.17) is 0 Å². The number of carbonyl (C=O) groups is 1. The van der Waals surface area contributed by atoms with Crippen molar-refractivity contribution in [2.24, 2.45) is 5.92 Å². The van der Waals surface area contributed by atoms with Crippen LogP contribution in [-0.4, -0.2) is 71.2 Å². The molecule has 0 bridgehead atoms. The number of amides is 1. The second kappa shape index (κ2) is 9.88. The summed E-state index contributed by atoms with van der Waals surface area (Å²) in [7, 11) is 0. The summed E-state index contributed by atoms with van der Waals surface area (Å²) < 4.78 is 0. The standard InChI is InChI=1S/C23H33N5OS/c1-3-5-18(2)26-13-15-28(16-14-26)23(29)19-9-11-27(12-10-19)22-8-7-20(24-25-22)21-6-4-17-30-21/h4,6-8,17-19H,3,5,9-16H2,1-2H3/t18-/m0/s1. The van der Waals surface area contributed by atoms with Gasteiger partial charge in [0.1, 0.15) is 5.69 Å². The maximum atomic E-state index is 13.0. The molecule has 0 aromatic carbocycles. The molecule has 6 nitrogen and oxygen atoms in total. The zero-order valence-corrected chi connectivity index (χ0v) is 19.0. The topological polar surface area (TPSA) is 52.6 Å². The van der Waals surface area contributed by atoms with Gasteiger partial charge in [-0.25, -0.2) is 0 Å². The van der Waals surface area contributed by atoms with Crippen molar-refractivity contribution in [1.82, 2.24) is 20.0 Å². The van der Waals surface area contributed by atoms with E-state index >= 15 is 0 Å². The van der Waals surface area contributed by atoms with Crippen LogP contribution in [-0.2, 0) is 4.79 Å². The van der Waals surface area contributed by atoms with Crippen LogP contribution in [0.4, 0.5) is 5.82 Å². The van der Waals surface area contributed by atoms with Crippen molar-refractivity contribution in [1.29, 1.82) is 0 Å². The van der Waals surface area contributed by atoms with Gasteiger partial charge >= 0.3 is 0 Å². The van der Waals surface area contributed by atoms with E-state index in [2.05, 4.69) is 56.3 Å². The normalized spacial score (nSPS) is 19.8. The lowest BCUT2D eigenvalue weighted by Gasteiger charge is -2.40. The number of rotatable bonds is 6. The summed E-state index contributed by atoms with van der Waals surface area (Å²) in [6, 6.07) is 8.83. The lowest BCUT2D eigenvalue weighted by atomic mass is 9.95. The van der Waals surface area contributed by atoms with E-state index in [9.17, 15) is 4.79 Å². The van der Waals surface area contributed by atoms with E-state index in [1.807, 2.05) is 12.1 Å². The molecule has 0 unspecified atom stereocenters. The fraction of sp³-hybridized carbons (Fsp3) is 0.609. The van der Waals surface area contributed by atoms with Crippen LogP contribution in [0.3, 0.4) is 0 Å². The third kappa shape index (κ3) is 4.83. The van der Waals surface area contributed by atoms with Crippen LogP contribution in [0.25, 0.3) is 10.6 Å². The molecule has 0 radical (unpaired) electrons. The van der Waals surface area contributed by atoms with Gasteiger partial charge in [0.05, 0.1) is 4.88 Å². The molecule has 0 N–H and O–H groups in total. The first-order chi connectivity index (χ1) is 14.7. The Labute approximate surface area is 183 Å². The van der Waals surface area contributed by atoms with Crippen molar-refractivity contribution < 1.29 is 4.79 Å². The molecule has 7 heteroatoms. The molecule has 0 aliphatic carbocycles. The Kier molecular flexibility index (Phi) is 7.00. The Morgan fingerprint density at radius 1 is 1.10 bits per heavy atom. The molecular weight excluding hydrogens is 394 g/mol. The zero-order chi connectivity index (χ0) is 20.9. The number of carbonyl (C=O) groups excluding carboxylic acids is 1. The lowest BCUT2D eigenvalue weighted by Crippen LogP contribution is -2.53. The van der Waals surface area contributed by atoms with E-state index in [0.29, 0.717) is 11.9 Å². The van der Waals surface area contributed by atoms with Gasteiger partial charge in [-0.1, -0.05) is 19.4 Å². The minimum absolute atomic E-state index is 0.152. The molecule has 30 heavy (non-hydrogen) atoms. The van der Waals surface area contributed by atoms with E-state index in [-0.39, 0.29) is 5.92 Å². The van der Waals surface area contributed by atoms with Crippen LogP contribution in [0.5, 0.6) is 0 Å². The summed E-state index contributed by atoms with van der Waals surface area (Å²) in [5, 5.41) is 10.9. The first-order valence-corrected chi connectivity index (χ1v) is 12.2. The third-order valence-corrected chi connectivity index (χ3v) is 7.44. The maximum Gasteiger partial charge on any atom is 0.225 e. The molecule has 4 heterocycles. The minimum Gasteiger partial charge on any atom is -0.355 e. The van der Waals surface area contributed by atoms with E-state index in [0.717, 1.165) is 68.5 Å². The number of piperidine rings is 1. The fourth-order valence-electron chi connectivity index (χ4n) is 4.65. The van der Waals surface area contributed by atoms with Crippen molar-refractivity contribution in [3.05, 3.63) is 29.6 Å². The molecule has 0 saturated carbocycles. The Bertz CT molecular complexity index is 794. The number of hydrogen-bond acceptors (Lipinski definition) is 6. The Morgan fingerprint density at radius 2 is 1.87 bits per heavy atom.